The van der Waals surface area contributed by atoms with Crippen molar-refractivity contribution in [2.45, 2.75) is 13.3 Å². The molecule has 0 aromatic heterocycles. The summed E-state index contributed by atoms with van der Waals surface area (Å²) in [5.41, 5.74) is 0. The smallest absolute Gasteiger partial charge is 0.103 e. The van der Waals surface area contributed by atoms with E-state index in [1.165, 1.54) is 0 Å². The molecule has 0 heterocycles. The van der Waals surface area contributed by atoms with Gasteiger partial charge in [-0.05, 0) is 0 Å². The highest BCUT2D eigenvalue weighted by molar-refractivity contribution is 5.81. The van der Waals surface area contributed by atoms with Gasteiger partial charge in [-0.15, -0.1) is 0 Å². The summed E-state index contributed by atoms with van der Waals surface area (Å²) in [6.07, 6.45) is 2.53. The van der Waals surface area contributed by atoms with Crippen LogP contribution >= 0.6 is 0 Å². The summed E-state index contributed by atoms with van der Waals surface area (Å²) in [5, 5.41) is 0. The van der Waals surface area contributed by atoms with Gasteiger partial charge in [0.05, 0.1) is 0 Å². The van der Waals surface area contributed by atoms with Crippen molar-refractivity contribution in [3.8, 4) is 0 Å². The van der Waals surface area contributed by atoms with Crippen LogP contribution < -0.4 is 0 Å². The molecule has 0 aliphatic heterocycles. The number of nitrogens with zero attached hydrogens (tertiary/aromatic N) is 2. The normalized spacial score (nSPS) is 11.2. The molecule has 0 aromatic rings. The van der Waals surface area contributed by atoms with E-state index in [0.717, 1.165) is 12.3 Å². The molecule has 2 heteroatoms. The van der Waals surface area contributed by atoms with E-state index in [0.29, 0.717) is 0 Å². The molecule has 9 heavy (non-hydrogen) atoms. The van der Waals surface area contributed by atoms with Gasteiger partial charge in [-0.2, -0.15) is 0 Å². The molecule has 2 nitrogen and oxygen atoms in total. The van der Waals surface area contributed by atoms with Gasteiger partial charge in [0.25, 0.3) is 0 Å². The molecule has 0 aliphatic rings. The Bertz CT molecular complexity index is 114. The first-order valence-electron chi connectivity index (χ1n) is 3.07. The maximum Gasteiger partial charge on any atom is 0.103 e. The van der Waals surface area contributed by atoms with Gasteiger partial charge in [0.15, 0.2) is 0 Å². The van der Waals surface area contributed by atoms with Crippen molar-refractivity contribution >= 4 is 5.84 Å². The van der Waals surface area contributed by atoms with Crippen molar-refractivity contribution in [2.75, 3.05) is 14.1 Å². The zero-order chi connectivity index (χ0) is 7.28. The fourth-order valence-electron chi connectivity index (χ4n) is 0.628. The van der Waals surface area contributed by atoms with Gasteiger partial charge in [-0.1, -0.05) is 13.5 Å². The van der Waals surface area contributed by atoms with E-state index in [1.54, 1.807) is 6.20 Å². The third-order valence-corrected chi connectivity index (χ3v) is 1.07. The van der Waals surface area contributed by atoms with Crippen LogP contribution in [-0.4, -0.2) is 24.8 Å². The molecule has 0 saturated heterocycles. The van der Waals surface area contributed by atoms with Crippen molar-refractivity contribution in [3.63, 3.8) is 0 Å². The summed E-state index contributed by atoms with van der Waals surface area (Å²) < 4.78 is 0. The number of hydrogen-bond donors (Lipinski definition) is 0. The second-order valence-electron chi connectivity index (χ2n) is 1.98. The van der Waals surface area contributed by atoms with Crippen molar-refractivity contribution in [1.29, 1.82) is 0 Å². The first-order chi connectivity index (χ1) is 4.22. The van der Waals surface area contributed by atoms with E-state index in [4.69, 9.17) is 0 Å². The first-order valence-corrected chi connectivity index (χ1v) is 3.07. The molecule has 0 saturated carbocycles. The lowest BCUT2D eigenvalue weighted by Gasteiger charge is -2.12. The number of hydrogen-bond acceptors (Lipinski definition) is 1. The summed E-state index contributed by atoms with van der Waals surface area (Å²) in [6, 6.07) is 0. The van der Waals surface area contributed by atoms with Crippen LogP contribution in [0.15, 0.2) is 17.8 Å². The molecule has 0 amide bonds. The van der Waals surface area contributed by atoms with Crippen LogP contribution in [0.3, 0.4) is 0 Å². The zero-order valence-electron chi connectivity index (χ0n) is 6.39. The summed E-state index contributed by atoms with van der Waals surface area (Å²) in [4.78, 5) is 6.04. The molecule has 0 atom stereocenters. The van der Waals surface area contributed by atoms with Crippen LogP contribution in [0.1, 0.15) is 13.3 Å². The van der Waals surface area contributed by atoms with Crippen LogP contribution in [0.4, 0.5) is 0 Å². The molecule has 0 rings (SSSR count). The fourth-order valence-corrected chi connectivity index (χ4v) is 0.628. The van der Waals surface area contributed by atoms with Crippen LogP contribution in [0, 0.1) is 0 Å². The highest BCUT2D eigenvalue weighted by atomic mass is 15.1. The predicted octanol–water partition coefficient (Wildman–Crippen LogP) is 1.50. The third kappa shape index (κ3) is 2.90. The predicted molar refractivity (Wildman–Crippen MR) is 41.6 cm³/mol. The first kappa shape index (κ1) is 8.21. The van der Waals surface area contributed by atoms with Crippen LogP contribution in [-0.2, 0) is 0 Å². The Morgan fingerprint density at radius 1 is 1.67 bits per heavy atom. The van der Waals surface area contributed by atoms with E-state index in [2.05, 4.69) is 18.5 Å². The summed E-state index contributed by atoms with van der Waals surface area (Å²) in [6.45, 7) is 5.59. The minimum Gasteiger partial charge on any atom is -0.366 e. The average Bonchev–Trinajstić information content (AvgIpc) is 1.82. The molecule has 52 valence electrons. The van der Waals surface area contributed by atoms with Crippen molar-refractivity contribution < 1.29 is 0 Å². The van der Waals surface area contributed by atoms with Gasteiger partial charge in [-0.25, -0.2) is 4.99 Å². The molecule has 0 unspecified atom stereocenters. The number of rotatable bonds is 2. The minimum atomic E-state index is 0.957. The lowest BCUT2D eigenvalue weighted by Crippen LogP contribution is -2.20. The molecule has 0 fully saturated rings. The zero-order valence-corrected chi connectivity index (χ0v) is 6.39. The monoisotopic (exact) mass is 126 g/mol. The Morgan fingerprint density at radius 2 is 2.22 bits per heavy atom. The summed E-state index contributed by atoms with van der Waals surface area (Å²) >= 11 is 0. The van der Waals surface area contributed by atoms with Gasteiger partial charge in [-0.3, -0.25) is 0 Å². The van der Waals surface area contributed by atoms with Gasteiger partial charge in [0.1, 0.15) is 5.84 Å². The summed E-state index contributed by atoms with van der Waals surface area (Å²) in [7, 11) is 3.96. The van der Waals surface area contributed by atoms with Gasteiger partial charge >= 0.3 is 0 Å². The van der Waals surface area contributed by atoms with Crippen LogP contribution in [0.25, 0.3) is 0 Å². The van der Waals surface area contributed by atoms with Gasteiger partial charge < -0.3 is 4.90 Å². The third-order valence-electron chi connectivity index (χ3n) is 1.07. The second-order valence-corrected chi connectivity index (χ2v) is 1.98. The lowest BCUT2D eigenvalue weighted by atomic mass is 10.4. The van der Waals surface area contributed by atoms with Crippen molar-refractivity contribution in [1.82, 2.24) is 4.90 Å². The largest absolute Gasteiger partial charge is 0.366 e. The van der Waals surface area contributed by atoms with Gasteiger partial charge in [0, 0.05) is 26.7 Å². The molecule has 0 aliphatic carbocycles. The van der Waals surface area contributed by atoms with E-state index in [-0.39, 0.29) is 0 Å². The standard InChI is InChI=1S/C7H14N2/c1-5-7(8-6-2)9(3)4/h6H,2,5H2,1,3-4H3. The highest BCUT2D eigenvalue weighted by Gasteiger charge is 1.93. The Labute approximate surface area is 56.9 Å². The highest BCUT2D eigenvalue weighted by Crippen LogP contribution is 1.89. The maximum atomic E-state index is 4.05. The van der Waals surface area contributed by atoms with E-state index < -0.39 is 0 Å². The topological polar surface area (TPSA) is 15.6 Å². The van der Waals surface area contributed by atoms with Gasteiger partial charge in [0.2, 0.25) is 0 Å². The molecule has 0 radical (unpaired) electrons. The molecule has 0 aromatic carbocycles. The Kier molecular flexibility index (Phi) is 3.76. The maximum absolute atomic E-state index is 4.05. The minimum absolute atomic E-state index is 0.957. The Morgan fingerprint density at radius 3 is 2.33 bits per heavy atom. The second kappa shape index (κ2) is 4.13. The fraction of sp³-hybridized carbons (Fsp3) is 0.571. The molecular formula is C7H14N2. The van der Waals surface area contributed by atoms with E-state index in [1.807, 2.05) is 19.0 Å². The van der Waals surface area contributed by atoms with E-state index >= 15 is 0 Å². The van der Waals surface area contributed by atoms with Crippen molar-refractivity contribution in [2.24, 2.45) is 4.99 Å². The SMILES string of the molecule is C=CN=C(CC)N(C)C. The lowest BCUT2D eigenvalue weighted by molar-refractivity contribution is 0.607. The van der Waals surface area contributed by atoms with Crippen LogP contribution in [0.5, 0.6) is 0 Å². The van der Waals surface area contributed by atoms with E-state index in [9.17, 15) is 0 Å². The molecular weight excluding hydrogens is 112 g/mol. The molecule has 0 bridgehead atoms. The average molecular weight is 126 g/mol. The Balaban J connectivity index is 3.96. The van der Waals surface area contributed by atoms with Crippen molar-refractivity contribution in [3.05, 3.63) is 12.8 Å². The van der Waals surface area contributed by atoms with Crippen LogP contribution in [0.2, 0.25) is 0 Å². The number of amidine groups is 1. The summed E-state index contributed by atoms with van der Waals surface area (Å²) in [5.74, 6) is 1.06. The quantitative estimate of drug-likeness (QED) is 0.404. The molecule has 0 N–H and O–H groups in total. The Hall–Kier alpha value is -0.790. The number of aliphatic imine (C=N–C) groups is 1. The molecule has 0 spiro atoms.